The van der Waals surface area contributed by atoms with E-state index in [1.165, 1.54) is 12.2 Å². The number of hydrogen-bond acceptors (Lipinski definition) is 9. The summed E-state index contributed by atoms with van der Waals surface area (Å²) in [5, 5.41) is 24.0. The Balaban J connectivity index is 0. The van der Waals surface area contributed by atoms with E-state index in [4.69, 9.17) is 20.1 Å². The molecule has 0 aromatic rings. The second-order valence-corrected chi connectivity index (χ2v) is 5.14. The third-order valence-corrected chi connectivity index (χ3v) is 2.54. The van der Waals surface area contributed by atoms with Gasteiger partial charge in [-0.1, -0.05) is 12.8 Å². The molecular weight excluding hydrogens is 332 g/mol. The Kier molecular flexibility index (Phi) is 23.3. The number of epoxide rings is 2. The number of carbonyl (C=O) groups excluding carboxylic acids is 2. The van der Waals surface area contributed by atoms with E-state index in [0.29, 0.717) is 19.2 Å². The van der Waals surface area contributed by atoms with Crippen molar-refractivity contribution in [2.75, 3.05) is 46.1 Å². The van der Waals surface area contributed by atoms with E-state index in [-0.39, 0.29) is 13.2 Å². The predicted octanol–water partition coefficient (Wildman–Crippen LogP) is -0.0280. The van der Waals surface area contributed by atoms with Crippen molar-refractivity contribution in [3.8, 4) is 0 Å². The van der Waals surface area contributed by atoms with Gasteiger partial charge in [-0.05, 0) is 19.8 Å². The van der Waals surface area contributed by atoms with E-state index in [9.17, 15) is 9.59 Å². The summed E-state index contributed by atoms with van der Waals surface area (Å²) in [6.07, 6.45) is 6.43. The van der Waals surface area contributed by atoms with Gasteiger partial charge in [0.05, 0.1) is 52.2 Å². The van der Waals surface area contributed by atoms with Crippen molar-refractivity contribution in [1.29, 1.82) is 0 Å². The SMILES string of the molecule is C1CO1.CC1CO1.O=C=NCCCCCCN=C=O.OCC(O)CO. The Bertz CT molecular complexity index is 335. The molecule has 1 atom stereocenters. The highest BCUT2D eigenvalue weighted by molar-refractivity contribution is 5.32. The molecule has 2 rings (SSSR count). The van der Waals surface area contributed by atoms with Gasteiger partial charge in [0.1, 0.15) is 6.10 Å². The Morgan fingerprint density at radius 1 is 1.00 bits per heavy atom. The average molecular weight is 362 g/mol. The first kappa shape index (κ1) is 25.8. The molecule has 2 aliphatic heterocycles. The minimum absolute atomic E-state index is 0.365. The molecule has 0 bridgehead atoms. The van der Waals surface area contributed by atoms with E-state index >= 15 is 0 Å². The number of hydrogen-bond donors (Lipinski definition) is 3. The molecule has 0 aromatic heterocycles. The smallest absolute Gasteiger partial charge is 0.234 e. The van der Waals surface area contributed by atoms with Crippen LogP contribution < -0.4 is 0 Å². The molecule has 0 spiro atoms. The maximum atomic E-state index is 9.63. The molecule has 25 heavy (non-hydrogen) atoms. The third-order valence-electron chi connectivity index (χ3n) is 2.54. The number of unbranched alkanes of at least 4 members (excludes halogenated alkanes) is 3. The number of rotatable bonds is 9. The van der Waals surface area contributed by atoms with Gasteiger partial charge in [0.2, 0.25) is 12.2 Å². The van der Waals surface area contributed by atoms with Gasteiger partial charge >= 0.3 is 0 Å². The first-order valence-corrected chi connectivity index (χ1v) is 8.28. The van der Waals surface area contributed by atoms with Gasteiger partial charge in [-0.15, -0.1) is 0 Å². The van der Waals surface area contributed by atoms with E-state index in [1.807, 2.05) is 0 Å². The standard InChI is InChI=1S/C8H12N2O2.C3H8O3.C3H6O.C2H4O/c11-7-9-5-3-1-2-4-6-10-8-12;4-1-3(6)2-5;1-3-2-4-3;1-2-3-1/h1-6H2;3-6H,1-2H2;3H,2H2,1H3;1-2H2. The Morgan fingerprint density at radius 3 is 1.52 bits per heavy atom. The molecular formula is C16H30N2O7. The largest absolute Gasteiger partial charge is 0.394 e. The van der Waals surface area contributed by atoms with Crippen LogP contribution in [0.15, 0.2) is 9.98 Å². The normalized spacial score (nSPS) is 15.6. The molecule has 0 aliphatic carbocycles. The van der Waals surface area contributed by atoms with Crippen molar-refractivity contribution >= 4 is 12.2 Å². The molecule has 2 saturated heterocycles. The van der Waals surface area contributed by atoms with Gasteiger partial charge < -0.3 is 24.8 Å². The Morgan fingerprint density at radius 2 is 1.36 bits per heavy atom. The van der Waals surface area contributed by atoms with Gasteiger partial charge in [0.15, 0.2) is 0 Å². The van der Waals surface area contributed by atoms with Crippen LogP contribution in [-0.2, 0) is 19.1 Å². The first-order chi connectivity index (χ1) is 12.1. The summed E-state index contributed by atoms with van der Waals surface area (Å²) in [6, 6.07) is 0. The van der Waals surface area contributed by atoms with Crippen LogP contribution in [-0.4, -0.2) is 85.8 Å². The van der Waals surface area contributed by atoms with Crippen molar-refractivity contribution in [1.82, 2.24) is 0 Å². The second kappa shape index (κ2) is 22.6. The van der Waals surface area contributed by atoms with E-state index < -0.39 is 6.10 Å². The van der Waals surface area contributed by atoms with Crippen LogP contribution >= 0.6 is 0 Å². The average Bonchev–Trinajstić information content (AvgIpc) is 3.52. The number of ether oxygens (including phenoxy) is 2. The highest BCUT2D eigenvalue weighted by Crippen LogP contribution is 2.04. The van der Waals surface area contributed by atoms with Crippen LogP contribution in [0.3, 0.4) is 0 Å². The third kappa shape index (κ3) is 39.4. The topological polar surface area (TPSA) is 145 Å². The zero-order chi connectivity index (χ0) is 19.2. The monoisotopic (exact) mass is 362 g/mol. The highest BCUT2D eigenvalue weighted by Gasteiger charge is 2.13. The molecule has 0 amide bonds. The number of isocyanates is 2. The highest BCUT2D eigenvalue weighted by atomic mass is 16.6. The molecule has 3 N–H and O–H groups in total. The number of nitrogens with zero attached hydrogens (tertiary/aromatic N) is 2. The van der Waals surface area contributed by atoms with Crippen LogP contribution in [0.25, 0.3) is 0 Å². The fourth-order valence-electron chi connectivity index (χ4n) is 0.981. The lowest BCUT2D eigenvalue weighted by atomic mass is 10.2. The van der Waals surface area contributed by atoms with Gasteiger partial charge in [-0.3, -0.25) is 0 Å². The van der Waals surface area contributed by atoms with Crippen LogP contribution in [0, 0.1) is 0 Å². The quantitative estimate of drug-likeness (QED) is 0.226. The Hall–Kier alpha value is -1.44. The maximum absolute atomic E-state index is 9.63. The van der Waals surface area contributed by atoms with E-state index in [2.05, 4.69) is 21.6 Å². The summed E-state index contributed by atoms with van der Waals surface area (Å²) in [7, 11) is 0. The predicted molar refractivity (Wildman–Crippen MR) is 90.9 cm³/mol. The lowest BCUT2D eigenvalue weighted by Gasteiger charge is -1.96. The molecule has 146 valence electrons. The van der Waals surface area contributed by atoms with E-state index in [0.717, 1.165) is 45.5 Å². The summed E-state index contributed by atoms with van der Waals surface area (Å²) in [4.78, 5) is 26.1. The lowest BCUT2D eigenvalue weighted by molar-refractivity contribution is 0.0450. The number of aliphatic hydroxyl groups excluding tert-OH is 3. The summed E-state index contributed by atoms with van der Waals surface area (Å²) >= 11 is 0. The molecule has 9 heteroatoms. The molecule has 9 nitrogen and oxygen atoms in total. The van der Waals surface area contributed by atoms with Crippen LogP contribution in [0.5, 0.6) is 0 Å². The van der Waals surface area contributed by atoms with Crippen LogP contribution in [0.4, 0.5) is 0 Å². The summed E-state index contributed by atoms with van der Waals surface area (Å²) < 4.78 is 9.21. The van der Waals surface area contributed by atoms with Crippen molar-refractivity contribution < 1.29 is 34.4 Å². The van der Waals surface area contributed by atoms with Gasteiger partial charge in [0, 0.05) is 0 Å². The van der Waals surface area contributed by atoms with Crippen molar-refractivity contribution in [3.05, 3.63) is 0 Å². The fraction of sp³-hybridized carbons (Fsp3) is 0.875. The molecule has 2 heterocycles. The zero-order valence-electron chi connectivity index (χ0n) is 14.8. The summed E-state index contributed by atoms with van der Waals surface area (Å²) in [6.45, 7) is 5.42. The molecule has 0 radical (unpaired) electrons. The van der Waals surface area contributed by atoms with Gasteiger partial charge in [-0.25, -0.2) is 19.6 Å². The Labute approximate surface area is 148 Å². The van der Waals surface area contributed by atoms with Crippen molar-refractivity contribution in [2.45, 2.75) is 44.8 Å². The molecule has 2 fully saturated rings. The maximum Gasteiger partial charge on any atom is 0.234 e. The van der Waals surface area contributed by atoms with Crippen molar-refractivity contribution in [2.24, 2.45) is 9.98 Å². The van der Waals surface area contributed by atoms with Gasteiger partial charge in [-0.2, -0.15) is 0 Å². The number of aliphatic imine (C=N–C) groups is 2. The summed E-state index contributed by atoms with van der Waals surface area (Å²) in [5.41, 5.74) is 0. The minimum atomic E-state index is -0.954. The molecule has 1 unspecified atom stereocenters. The molecule has 0 saturated carbocycles. The van der Waals surface area contributed by atoms with E-state index in [1.54, 1.807) is 0 Å². The fourth-order valence-corrected chi connectivity index (χ4v) is 0.981. The lowest BCUT2D eigenvalue weighted by Crippen LogP contribution is -2.15. The van der Waals surface area contributed by atoms with Crippen LogP contribution in [0.2, 0.25) is 0 Å². The summed E-state index contributed by atoms with van der Waals surface area (Å²) in [5.74, 6) is 0. The zero-order valence-corrected chi connectivity index (χ0v) is 14.8. The molecule has 2 aliphatic rings. The van der Waals surface area contributed by atoms with Crippen LogP contribution in [0.1, 0.15) is 32.6 Å². The minimum Gasteiger partial charge on any atom is -0.394 e. The number of aliphatic hydroxyl groups is 3. The van der Waals surface area contributed by atoms with Gasteiger partial charge in [0.25, 0.3) is 0 Å². The van der Waals surface area contributed by atoms with Crippen molar-refractivity contribution in [3.63, 3.8) is 0 Å². The molecule has 0 aromatic carbocycles. The first-order valence-electron chi connectivity index (χ1n) is 8.28. The second-order valence-electron chi connectivity index (χ2n) is 5.14.